The summed E-state index contributed by atoms with van der Waals surface area (Å²) in [7, 11) is 0. The first kappa shape index (κ1) is 18.9. The molecule has 28 heavy (non-hydrogen) atoms. The van der Waals surface area contributed by atoms with Crippen molar-refractivity contribution in [3.05, 3.63) is 120 Å². The number of fused-ring (bicyclic) bond motifs is 3. The van der Waals surface area contributed by atoms with Gasteiger partial charge in [-0.1, -0.05) is 84.9 Å². The van der Waals surface area contributed by atoms with Crippen LogP contribution < -0.4 is 0 Å². The average molecular weight is 368 g/mol. The Balaban J connectivity index is 0.000000136. The van der Waals surface area contributed by atoms with Crippen LogP contribution in [-0.4, -0.2) is 16.0 Å². The Hall–Kier alpha value is -3.85. The fraction of sp³-hybridized carbons (Fsp3) is 0. The third-order valence-corrected chi connectivity index (χ3v) is 4.15. The van der Waals surface area contributed by atoms with E-state index >= 15 is 0 Å². The molecule has 0 aliphatic heterocycles. The molecule has 0 radical (unpaired) electrons. The van der Waals surface area contributed by atoms with Gasteiger partial charge in [0.25, 0.3) is 0 Å². The van der Waals surface area contributed by atoms with Crippen LogP contribution in [0.4, 0.5) is 0 Å². The molecular formula is C25H20O3. The number of hydrogen-bond acceptors (Lipinski definition) is 3. The largest absolute Gasteiger partial charge is 0.508 e. The molecule has 3 heteroatoms. The predicted octanol–water partition coefficient (Wildman–Crippen LogP) is 5.68. The lowest BCUT2D eigenvalue weighted by Crippen LogP contribution is -1.93. The summed E-state index contributed by atoms with van der Waals surface area (Å²) in [6.45, 7) is 0. The number of aromatic hydroxyl groups is 2. The summed E-state index contributed by atoms with van der Waals surface area (Å²) >= 11 is 0. The van der Waals surface area contributed by atoms with Crippen LogP contribution in [0, 0.1) is 0 Å². The molecule has 4 aromatic rings. The lowest BCUT2D eigenvalue weighted by atomic mass is 10.1. The van der Waals surface area contributed by atoms with Crippen LogP contribution in [0.2, 0.25) is 0 Å². The van der Waals surface area contributed by atoms with Crippen molar-refractivity contribution < 1.29 is 15.0 Å². The summed E-state index contributed by atoms with van der Waals surface area (Å²) in [6, 6.07) is 32.9. The fourth-order valence-corrected chi connectivity index (χ4v) is 2.83. The second-order valence-electron chi connectivity index (χ2n) is 6.09. The molecule has 0 saturated carbocycles. The van der Waals surface area contributed by atoms with Crippen molar-refractivity contribution >= 4 is 5.78 Å². The van der Waals surface area contributed by atoms with Crippen LogP contribution in [0.5, 0.6) is 11.5 Å². The molecular weight excluding hydrogens is 348 g/mol. The number of phenols is 2. The van der Waals surface area contributed by atoms with E-state index in [9.17, 15) is 4.79 Å². The summed E-state index contributed by atoms with van der Waals surface area (Å²) < 4.78 is 0. The number of para-hydroxylation sites is 2. The fourth-order valence-electron chi connectivity index (χ4n) is 2.83. The number of benzene rings is 4. The van der Waals surface area contributed by atoms with Crippen LogP contribution in [0.3, 0.4) is 0 Å². The molecule has 1 aliphatic rings. The second kappa shape index (κ2) is 9.19. The van der Waals surface area contributed by atoms with Gasteiger partial charge in [-0.25, -0.2) is 0 Å². The number of hydrogen-bond donors (Lipinski definition) is 2. The lowest BCUT2D eigenvalue weighted by Gasteiger charge is -1.96. The van der Waals surface area contributed by atoms with E-state index in [0.717, 1.165) is 22.3 Å². The molecule has 4 aromatic carbocycles. The molecule has 3 nitrogen and oxygen atoms in total. The summed E-state index contributed by atoms with van der Waals surface area (Å²) in [6.07, 6.45) is 0. The van der Waals surface area contributed by atoms with E-state index in [1.807, 2.05) is 60.7 Å². The standard InChI is InChI=1S/C13H8O.2C6H6O/c14-13-11-7-3-1-5-9(11)10-6-2-4-8-12(10)13;2*7-6-4-2-1-3-5-6/h1-8H;2*1-5,7H. The van der Waals surface area contributed by atoms with Gasteiger partial charge in [0.2, 0.25) is 0 Å². The third kappa shape index (κ3) is 4.65. The first-order valence-electron chi connectivity index (χ1n) is 8.88. The molecule has 0 atom stereocenters. The molecule has 0 bridgehead atoms. The van der Waals surface area contributed by atoms with Crippen molar-refractivity contribution in [3.63, 3.8) is 0 Å². The highest BCUT2D eigenvalue weighted by molar-refractivity contribution is 6.21. The minimum absolute atomic E-state index is 0.149. The molecule has 0 fully saturated rings. The molecule has 1 aliphatic carbocycles. The molecule has 0 heterocycles. The van der Waals surface area contributed by atoms with E-state index in [0.29, 0.717) is 11.5 Å². The number of carbonyl (C=O) groups is 1. The monoisotopic (exact) mass is 368 g/mol. The molecule has 5 rings (SSSR count). The van der Waals surface area contributed by atoms with E-state index in [4.69, 9.17) is 10.2 Å². The summed E-state index contributed by atoms with van der Waals surface area (Å²) in [5.41, 5.74) is 3.78. The minimum Gasteiger partial charge on any atom is -0.508 e. The van der Waals surface area contributed by atoms with Gasteiger partial charge in [-0.3, -0.25) is 4.79 Å². The summed E-state index contributed by atoms with van der Waals surface area (Å²) in [5.74, 6) is 0.793. The summed E-state index contributed by atoms with van der Waals surface area (Å²) in [5, 5.41) is 17.3. The van der Waals surface area contributed by atoms with Crippen molar-refractivity contribution in [2.24, 2.45) is 0 Å². The Labute approximate surface area is 164 Å². The van der Waals surface area contributed by atoms with E-state index in [1.165, 1.54) is 0 Å². The van der Waals surface area contributed by atoms with Crippen molar-refractivity contribution in [2.45, 2.75) is 0 Å². The zero-order valence-electron chi connectivity index (χ0n) is 15.2. The number of ketones is 1. The Bertz CT molecular complexity index is 956. The quantitative estimate of drug-likeness (QED) is 0.369. The topological polar surface area (TPSA) is 57.5 Å². The van der Waals surface area contributed by atoms with Crippen LogP contribution >= 0.6 is 0 Å². The molecule has 0 saturated heterocycles. The summed E-state index contributed by atoms with van der Waals surface area (Å²) in [4.78, 5) is 11.9. The van der Waals surface area contributed by atoms with Gasteiger partial charge < -0.3 is 10.2 Å². The van der Waals surface area contributed by atoms with Gasteiger partial charge in [0.05, 0.1) is 0 Å². The zero-order valence-corrected chi connectivity index (χ0v) is 15.2. The van der Waals surface area contributed by atoms with Gasteiger partial charge in [0.1, 0.15) is 11.5 Å². The molecule has 0 spiro atoms. The van der Waals surface area contributed by atoms with Gasteiger partial charge >= 0.3 is 0 Å². The first-order chi connectivity index (χ1) is 13.7. The maximum absolute atomic E-state index is 11.9. The lowest BCUT2D eigenvalue weighted by molar-refractivity contribution is 0.104. The van der Waals surface area contributed by atoms with Crippen molar-refractivity contribution in [3.8, 4) is 22.6 Å². The normalized spacial score (nSPS) is 10.5. The Morgan fingerprint density at radius 3 is 0.964 bits per heavy atom. The predicted molar refractivity (Wildman–Crippen MR) is 112 cm³/mol. The second-order valence-corrected chi connectivity index (χ2v) is 6.09. The minimum atomic E-state index is 0.149. The van der Waals surface area contributed by atoms with Crippen molar-refractivity contribution in [1.29, 1.82) is 0 Å². The highest BCUT2D eigenvalue weighted by atomic mass is 16.3. The van der Waals surface area contributed by atoms with Crippen LogP contribution in [0.1, 0.15) is 15.9 Å². The van der Waals surface area contributed by atoms with Crippen molar-refractivity contribution in [2.75, 3.05) is 0 Å². The smallest absolute Gasteiger partial charge is 0.194 e. The van der Waals surface area contributed by atoms with Gasteiger partial charge in [-0.15, -0.1) is 0 Å². The maximum Gasteiger partial charge on any atom is 0.194 e. The Morgan fingerprint density at radius 2 is 0.679 bits per heavy atom. The number of carbonyl (C=O) groups excluding carboxylic acids is 1. The highest BCUT2D eigenvalue weighted by Gasteiger charge is 2.24. The molecule has 0 unspecified atom stereocenters. The molecule has 0 aromatic heterocycles. The van der Waals surface area contributed by atoms with Crippen molar-refractivity contribution in [1.82, 2.24) is 0 Å². The van der Waals surface area contributed by atoms with E-state index in [1.54, 1.807) is 48.5 Å². The maximum atomic E-state index is 11.9. The van der Waals surface area contributed by atoms with Gasteiger partial charge in [-0.2, -0.15) is 0 Å². The van der Waals surface area contributed by atoms with Crippen LogP contribution in [0.15, 0.2) is 109 Å². The van der Waals surface area contributed by atoms with E-state index in [2.05, 4.69) is 0 Å². The first-order valence-corrected chi connectivity index (χ1v) is 8.88. The Morgan fingerprint density at radius 1 is 0.393 bits per heavy atom. The van der Waals surface area contributed by atoms with Gasteiger partial charge in [0.15, 0.2) is 5.78 Å². The molecule has 0 amide bonds. The van der Waals surface area contributed by atoms with Gasteiger partial charge in [0, 0.05) is 11.1 Å². The third-order valence-electron chi connectivity index (χ3n) is 4.15. The molecule has 2 N–H and O–H groups in total. The van der Waals surface area contributed by atoms with E-state index < -0.39 is 0 Å². The highest BCUT2D eigenvalue weighted by Crippen LogP contribution is 2.35. The van der Waals surface area contributed by atoms with E-state index in [-0.39, 0.29) is 5.78 Å². The van der Waals surface area contributed by atoms with Crippen LogP contribution in [0.25, 0.3) is 11.1 Å². The zero-order chi connectivity index (χ0) is 19.8. The SMILES string of the molecule is O=C1c2ccccc2-c2ccccc21.Oc1ccccc1.Oc1ccccc1. The molecule has 138 valence electrons. The number of rotatable bonds is 0. The van der Waals surface area contributed by atoms with Crippen LogP contribution in [-0.2, 0) is 0 Å². The Kier molecular flexibility index (Phi) is 6.21. The van der Waals surface area contributed by atoms with Gasteiger partial charge in [-0.05, 0) is 35.4 Å². The average Bonchev–Trinajstić information content (AvgIpc) is 3.03. The number of phenolic OH excluding ortho intramolecular Hbond substituents is 2.